The van der Waals surface area contributed by atoms with Gasteiger partial charge >= 0.3 is 0 Å². The zero-order valence-electron chi connectivity index (χ0n) is 13.2. The Morgan fingerprint density at radius 1 is 1.05 bits per heavy atom. The number of hydrogen-bond donors (Lipinski definition) is 2. The van der Waals surface area contributed by atoms with Crippen molar-refractivity contribution >= 4 is 11.8 Å². The van der Waals surface area contributed by atoms with E-state index in [1.165, 1.54) is 7.11 Å². The van der Waals surface area contributed by atoms with Gasteiger partial charge in [-0.3, -0.25) is 9.59 Å². The van der Waals surface area contributed by atoms with Crippen LogP contribution in [-0.4, -0.2) is 38.6 Å². The van der Waals surface area contributed by atoms with Crippen LogP contribution in [0.15, 0.2) is 24.3 Å². The maximum absolute atomic E-state index is 11.6. The van der Waals surface area contributed by atoms with Gasteiger partial charge in [-0.2, -0.15) is 0 Å². The molecule has 1 aromatic carbocycles. The molecule has 122 valence electrons. The van der Waals surface area contributed by atoms with E-state index in [-0.39, 0.29) is 25.0 Å². The number of hydrogen-bond acceptors (Lipinski definition) is 4. The van der Waals surface area contributed by atoms with Crippen LogP contribution < -0.4 is 20.1 Å². The molecule has 6 heteroatoms. The first-order valence-corrected chi connectivity index (χ1v) is 7.46. The molecule has 0 atom stereocenters. The Morgan fingerprint density at radius 2 is 1.77 bits per heavy atom. The number of carbonyl (C=O) groups excluding carboxylic acids is 2. The number of rotatable bonds is 10. The van der Waals surface area contributed by atoms with Crippen molar-refractivity contribution in [2.24, 2.45) is 0 Å². The molecule has 0 aliphatic heterocycles. The van der Waals surface area contributed by atoms with Crippen LogP contribution in [0.5, 0.6) is 11.5 Å². The lowest BCUT2D eigenvalue weighted by molar-refractivity contribution is -0.127. The van der Waals surface area contributed by atoms with Crippen LogP contribution in [0.1, 0.15) is 26.2 Å². The fourth-order valence-electron chi connectivity index (χ4n) is 1.78. The Kier molecular flexibility index (Phi) is 8.49. The van der Waals surface area contributed by atoms with Crippen molar-refractivity contribution in [1.29, 1.82) is 0 Å². The summed E-state index contributed by atoms with van der Waals surface area (Å²) in [6, 6.07) is 7.07. The molecule has 1 rings (SSSR count). The second kappa shape index (κ2) is 10.5. The monoisotopic (exact) mass is 308 g/mol. The average Bonchev–Trinajstić information content (AvgIpc) is 2.55. The highest BCUT2D eigenvalue weighted by Gasteiger charge is 2.08. The number of ether oxygens (including phenoxy) is 2. The Bertz CT molecular complexity index is 477. The van der Waals surface area contributed by atoms with Gasteiger partial charge in [-0.15, -0.1) is 0 Å². The molecular formula is C16H24N2O4. The minimum Gasteiger partial charge on any atom is -0.493 e. The van der Waals surface area contributed by atoms with E-state index < -0.39 is 0 Å². The van der Waals surface area contributed by atoms with Crippen LogP contribution in [-0.2, 0) is 9.59 Å². The summed E-state index contributed by atoms with van der Waals surface area (Å²) in [4.78, 5) is 23.1. The van der Waals surface area contributed by atoms with E-state index in [0.29, 0.717) is 18.0 Å². The van der Waals surface area contributed by atoms with Crippen LogP contribution >= 0.6 is 0 Å². The van der Waals surface area contributed by atoms with Gasteiger partial charge in [0.2, 0.25) is 5.91 Å². The molecule has 0 heterocycles. The summed E-state index contributed by atoms with van der Waals surface area (Å²) in [6.07, 6.45) is 3.14. The number of para-hydroxylation sites is 2. The largest absolute Gasteiger partial charge is 0.493 e. The topological polar surface area (TPSA) is 76.7 Å². The smallest absolute Gasteiger partial charge is 0.258 e. The molecular weight excluding hydrogens is 284 g/mol. The zero-order valence-corrected chi connectivity index (χ0v) is 13.2. The van der Waals surface area contributed by atoms with Gasteiger partial charge in [-0.1, -0.05) is 31.9 Å². The Hall–Kier alpha value is -2.24. The third-order valence-electron chi connectivity index (χ3n) is 2.98. The van der Waals surface area contributed by atoms with Gasteiger partial charge < -0.3 is 20.1 Å². The van der Waals surface area contributed by atoms with Crippen molar-refractivity contribution in [2.75, 3.05) is 26.8 Å². The van der Waals surface area contributed by atoms with Crippen LogP contribution in [0.25, 0.3) is 0 Å². The molecule has 0 aliphatic carbocycles. The first-order valence-electron chi connectivity index (χ1n) is 7.46. The van der Waals surface area contributed by atoms with Crippen LogP contribution in [0, 0.1) is 0 Å². The maximum Gasteiger partial charge on any atom is 0.258 e. The van der Waals surface area contributed by atoms with Gasteiger partial charge in [0.05, 0.1) is 13.7 Å². The lowest BCUT2D eigenvalue weighted by Gasteiger charge is -2.10. The average molecular weight is 308 g/mol. The van der Waals surface area contributed by atoms with Gasteiger partial charge in [0.25, 0.3) is 5.91 Å². The van der Waals surface area contributed by atoms with Crippen molar-refractivity contribution in [3.63, 3.8) is 0 Å². The maximum atomic E-state index is 11.6. The van der Waals surface area contributed by atoms with E-state index >= 15 is 0 Å². The highest BCUT2D eigenvalue weighted by molar-refractivity contribution is 5.85. The summed E-state index contributed by atoms with van der Waals surface area (Å²) < 4.78 is 10.5. The number of amides is 2. The fourth-order valence-corrected chi connectivity index (χ4v) is 1.78. The van der Waals surface area contributed by atoms with Gasteiger partial charge in [0, 0.05) is 6.54 Å². The van der Waals surface area contributed by atoms with E-state index in [0.717, 1.165) is 19.3 Å². The highest BCUT2D eigenvalue weighted by Crippen LogP contribution is 2.25. The molecule has 0 bridgehead atoms. The van der Waals surface area contributed by atoms with Crippen LogP contribution in [0.2, 0.25) is 0 Å². The van der Waals surface area contributed by atoms with Gasteiger partial charge in [-0.05, 0) is 18.6 Å². The summed E-state index contributed by atoms with van der Waals surface area (Å²) in [5.74, 6) is 0.504. The standard InChI is InChI=1S/C16H24N2O4/c1-3-4-7-10-17-15(19)11-18-16(20)12-22-14-9-6-5-8-13(14)21-2/h5-6,8-9H,3-4,7,10-12H2,1-2H3,(H,17,19)(H,18,20). The number of carbonyl (C=O) groups is 2. The van der Waals surface area contributed by atoms with E-state index in [1.54, 1.807) is 18.2 Å². The molecule has 2 N–H and O–H groups in total. The first-order chi connectivity index (χ1) is 10.7. The molecule has 6 nitrogen and oxygen atoms in total. The Morgan fingerprint density at radius 3 is 2.45 bits per heavy atom. The van der Waals surface area contributed by atoms with Gasteiger partial charge in [0.1, 0.15) is 0 Å². The van der Waals surface area contributed by atoms with Crippen LogP contribution in [0.3, 0.4) is 0 Å². The van der Waals surface area contributed by atoms with E-state index in [4.69, 9.17) is 9.47 Å². The van der Waals surface area contributed by atoms with E-state index in [2.05, 4.69) is 17.6 Å². The molecule has 0 unspecified atom stereocenters. The molecule has 0 spiro atoms. The van der Waals surface area contributed by atoms with Crippen molar-refractivity contribution in [3.8, 4) is 11.5 Å². The summed E-state index contributed by atoms with van der Waals surface area (Å²) in [7, 11) is 1.53. The third kappa shape index (κ3) is 6.97. The lowest BCUT2D eigenvalue weighted by atomic mass is 10.2. The molecule has 0 aliphatic rings. The molecule has 0 saturated heterocycles. The third-order valence-corrected chi connectivity index (χ3v) is 2.98. The predicted molar refractivity (Wildman–Crippen MR) is 84.0 cm³/mol. The minimum atomic E-state index is -0.352. The van der Waals surface area contributed by atoms with Gasteiger partial charge in [-0.25, -0.2) is 0 Å². The van der Waals surface area contributed by atoms with Crippen molar-refractivity contribution in [2.45, 2.75) is 26.2 Å². The molecule has 0 fully saturated rings. The van der Waals surface area contributed by atoms with E-state index in [9.17, 15) is 9.59 Å². The second-order valence-electron chi connectivity index (χ2n) is 4.77. The summed E-state index contributed by atoms with van der Waals surface area (Å²) in [5.41, 5.74) is 0. The Labute approximate surface area is 131 Å². The van der Waals surface area contributed by atoms with Gasteiger partial charge in [0.15, 0.2) is 18.1 Å². The molecule has 0 radical (unpaired) electrons. The minimum absolute atomic E-state index is 0.0414. The quantitative estimate of drug-likeness (QED) is 0.642. The van der Waals surface area contributed by atoms with Crippen LogP contribution in [0.4, 0.5) is 0 Å². The molecule has 1 aromatic rings. The predicted octanol–water partition coefficient (Wildman–Crippen LogP) is 1.50. The summed E-state index contributed by atoms with van der Waals surface area (Å²) in [5, 5.41) is 5.26. The number of unbranched alkanes of at least 4 members (excludes halogenated alkanes) is 2. The highest BCUT2D eigenvalue weighted by atomic mass is 16.5. The first kappa shape index (κ1) is 17.8. The molecule has 0 saturated carbocycles. The van der Waals surface area contributed by atoms with E-state index in [1.807, 2.05) is 6.07 Å². The number of benzene rings is 1. The second-order valence-corrected chi connectivity index (χ2v) is 4.77. The normalized spacial score (nSPS) is 9.91. The zero-order chi connectivity index (χ0) is 16.2. The van der Waals surface area contributed by atoms with Crippen molar-refractivity contribution in [1.82, 2.24) is 10.6 Å². The number of methoxy groups -OCH3 is 1. The molecule has 2 amide bonds. The van der Waals surface area contributed by atoms with Crippen molar-refractivity contribution < 1.29 is 19.1 Å². The molecule has 0 aromatic heterocycles. The molecule has 22 heavy (non-hydrogen) atoms. The summed E-state index contributed by atoms with van der Waals surface area (Å²) >= 11 is 0. The Balaban J connectivity index is 2.22. The SMILES string of the molecule is CCCCCNC(=O)CNC(=O)COc1ccccc1OC. The van der Waals surface area contributed by atoms with Crippen molar-refractivity contribution in [3.05, 3.63) is 24.3 Å². The summed E-state index contributed by atoms with van der Waals surface area (Å²) in [6.45, 7) is 2.54. The fraction of sp³-hybridized carbons (Fsp3) is 0.500. The number of nitrogens with one attached hydrogen (secondary N) is 2. The lowest BCUT2D eigenvalue weighted by Crippen LogP contribution is -2.39.